The van der Waals surface area contributed by atoms with Gasteiger partial charge in [0, 0.05) is 23.4 Å². The van der Waals surface area contributed by atoms with Crippen LogP contribution in [0.5, 0.6) is 0 Å². The third-order valence-electron chi connectivity index (χ3n) is 4.35. The third-order valence-corrected chi connectivity index (χ3v) is 6.40. The lowest BCUT2D eigenvalue weighted by Crippen LogP contribution is -2.35. The molecule has 1 N–H and O–H groups in total. The van der Waals surface area contributed by atoms with Crippen molar-refractivity contribution in [3.8, 4) is 0 Å². The van der Waals surface area contributed by atoms with Gasteiger partial charge in [0.15, 0.2) is 6.61 Å². The average Bonchev–Trinajstić information content (AvgIpc) is 3.24. The number of carbonyl (C=O) groups excluding carboxylic acids is 2. The second kappa shape index (κ2) is 8.99. The first-order valence-electron chi connectivity index (χ1n) is 8.85. The van der Waals surface area contributed by atoms with Crippen molar-refractivity contribution >= 4 is 45.2 Å². The molecule has 2 aromatic rings. The molecule has 0 spiro atoms. The van der Waals surface area contributed by atoms with Crippen molar-refractivity contribution in [2.75, 3.05) is 25.5 Å². The molecule has 146 valence electrons. The molecule has 1 aliphatic rings. The van der Waals surface area contributed by atoms with Gasteiger partial charge in [-0.3, -0.25) is 9.59 Å². The minimum Gasteiger partial charge on any atom is -0.455 e. The molecule has 0 saturated carbocycles. The summed E-state index contributed by atoms with van der Waals surface area (Å²) in [6, 6.07) is 0. The molecule has 1 aliphatic heterocycles. The fourth-order valence-corrected chi connectivity index (χ4v) is 4.89. The van der Waals surface area contributed by atoms with Gasteiger partial charge in [-0.2, -0.15) is 0 Å². The summed E-state index contributed by atoms with van der Waals surface area (Å²) in [5.41, 5.74) is 1.14. The topological polar surface area (TPSA) is 90.4 Å². The fraction of sp³-hybridized carbons (Fsp3) is 0.556. The minimum atomic E-state index is -0.443. The summed E-state index contributed by atoms with van der Waals surface area (Å²) < 4.78 is 10.5. The second-order valence-corrected chi connectivity index (χ2v) is 8.60. The first-order valence-corrected chi connectivity index (χ1v) is 10.7. The molecule has 1 amide bonds. The van der Waals surface area contributed by atoms with Gasteiger partial charge in [0.05, 0.1) is 11.9 Å². The summed E-state index contributed by atoms with van der Waals surface area (Å²) in [7, 11) is 0. The van der Waals surface area contributed by atoms with Crippen LogP contribution in [-0.4, -0.2) is 53.5 Å². The van der Waals surface area contributed by atoms with Gasteiger partial charge in [-0.05, 0) is 39.2 Å². The number of thiophene rings is 1. The van der Waals surface area contributed by atoms with Crippen molar-refractivity contribution in [3.63, 3.8) is 0 Å². The maximum atomic E-state index is 12.0. The molecule has 9 heteroatoms. The van der Waals surface area contributed by atoms with Gasteiger partial charge >= 0.3 is 5.97 Å². The van der Waals surface area contributed by atoms with Crippen LogP contribution in [0.3, 0.4) is 0 Å². The number of fused-ring (bicyclic) bond motifs is 1. The van der Waals surface area contributed by atoms with Crippen molar-refractivity contribution in [1.29, 1.82) is 0 Å². The lowest BCUT2D eigenvalue weighted by molar-refractivity contribution is -0.146. The predicted octanol–water partition coefficient (Wildman–Crippen LogP) is 2.55. The molecule has 2 aromatic heterocycles. The van der Waals surface area contributed by atoms with E-state index in [1.807, 2.05) is 13.8 Å². The van der Waals surface area contributed by atoms with Crippen LogP contribution in [0.2, 0.25) is 0 Å². The number of aryl methyl sites for hydroxylation is 3. The van der Waals surface area contributed by atoms with E-state index in [4.69, 9.17) is 9.47 Å². The number of hydrogen-bond acceptors (Lipinski definition) is 8. The molecule has 0 bridgehead atoms. The number of rotatable bonds is 7. The minimum absolute atomic E-state index is 0.0703. The van der Waals surface area contributed by atoms with Gasteiger partial charge in [0.2, 0.25) is 0 Å². The van der Waals surface area contributed by atoms with Crippen LogP contribution in [0.4, 0.5) is 0 Å². The van der Waals surface area contributed by atoms with Crippen LogP contribution >= 0.6 is 23.1 Å². The molecule has 0 aromatic carbocycles. The highest BCUT2D eigenvalue weighted by Crippen LogP contribution is 2.35. The van der Waals surface area contributed by atoms with E-state index in [0.717, 1.165) is 40.3 Å². The van der Waals surface area contributed by atoms with E-state index in [0.29, 0.717) is 12.4 Å². The summed E-state index contributed by atoms with van der Waals surface area (Å²) in [6.07, 6.45) is 2.04. The summed E-state index contributed by atoms with van der Waals surface area (Å²) in [4.78, 5) is 34.8. The van der Waals surface area contributed by atoms with Gasteiger partial charge in [-0.15, -0.1) is 11.3 Å². The quantitative estimate of drug-likeness (QED) is 0.427. The van der Waals surface area contributed by atoms with Crippen LogP contribution in [0.15, 0.2) is 5.03 Å². The summed E-state index contributed by atoms with van der Waals surface area (Å²) in [6.45, 7) is 6.85. The molecule has 0 unspecified atom stereocenters. The maximum Gasteiger partial charge on any atom is 0.316 e. The van der Waals surface area contributed by atoms with Crippen molar-refractivity contribution in [3.05, 3.63) is 16.3 Å². The Labute approximate surface area is 166 Å². The van der Waals surface area contributed by atoms with Crippen molar-refractivity contribution in [2.24, 2.45) is 0 Å². The zero-order valence-corrected chi connectivity index (χ0v) is 17.3. The fourth-order valence-electron chi connectivity index (χ4n) is 2.82. The molecule has 3 rings (SSSR count). The van der Waals surface area contributed by atoms with E-state index in [1.54, 1.807) is 11.3 Å². The summed E-state index contributed by atoms with van der Waals surface area (Å²) >= 11 is 2.94. The zero-order valence-electron chi connectivity index (χ0n) is 15.7. The Morgan fingerprint density at radius 3 is 2.89 bits per heavy atom. The van der Waals surface area contributed by atoms with E-state index >= 15 is 0 Å². The molecule has 1 saturated heterocycles. The number of nitrogens with zero attached hydrogens (tertiary/aromatic N) is 2. The van der Waals surface area contributed by atoms with Gasteiger partial charge in [0.1, 0.15) is 15.7 Å². The predicted molar refractivity (Wildman–Crippen MR) is 105 cm³/mol. The smallest absolute Gasteiger partial charge is 0.316 e. The third kappa shape index (κ3) is 5.18. The number of thioether (sulfide) groups is 1. The van der Waals surface area contributed by atoms with Crippen LogP contribution in [-0.2, 0) is 19.1 Å². The number of carbonyl (C=O) groups is 2. The first kappa shape index (κ1) is 20.0. The molecule has 1 fully saturated rings. The Hall–Kier alpha value is -1.71. The largest absolute Gasteiger partial charge is 0.455 e. The Morgan fingerprint density at radius 1 is 1.33 bits per heavy atom. The summed E-state index contributed by atoms with van der Waals surface area (Å²) in [5, 5.41) is 4.50. The van der Waals surface area contributed by atoms with Crippen molar-refractivity contribution in [1.82, 2.24) is 15.3 Å². The second-order valence-electron chi connectivity index (χ2n) is 6.43. The standard InChI is InChI=1S/C18H23N3O4S2/c1-10-11(2)27-18-16(10)17(20-12(3)21-18)26-9-15(23)25-8-14(22)19-7-13-5-4-6-24-13/h13H,4-9H2,1-3H3,(H,19,22)/t13-/m1/s1. The monoisotopic (exact) mass is 409 g/mol. The van der Waals surface area contributed by atoms with Crippen LogP contribution in [0.25, 0.3) is 10.2 Å². The SMILES string of the molecule is Cc1nc(SCC(=O)OCC(=O)NC[C@H]2CCCO2)c2c(C)c(C)sc2n1. The highest BCUT2D eigenvalue weighted by Gasteiger charge is 2.18. The number of esters is 1. The number of aromatic nitrogens is 2. The molecule has 27 heavy (non-hydrogen) atoms. The Morgan fingerprint density at radius 2 is 2.15 bits per heavy atom. The number of nitrogens with one attached hydrogen (secondary N) is 1. The molecule has 0 aliphatic carbocycles. The number of amides is 1. The molecule has 0 radical (unpaired) electrons. The molecule has 1 atom stereocenters. The van der Waals surface area contributed by atoms with Gasteiger partial charge in [-0.1, -0.05) is 11.8 Å². The first-order chi connectivity index (χ1) is 12.9. The normalized spacial score (nSPS) is 16.6. The van der Waals surface area contributed by atoms with E-state index < -0.39 is 5.97 Å². The number of ether oxygens (including phenoxy) is 2. The Bertz CT molecular complexity index is 847. The molecular weight excluding hydrogens is 386 g/mol. The lowest BCUT2D eigenvalue weighted by Gasteiger charge is -2.11. The highest BCUT2D eigenvalue weighted by molar-refractivity contribution is 8.00. The van der Waals surface area contributed by atoms with E-state index in [1.165, 1.54) is 16.6 Å². The molecule has 3 heterocycles. The highest BCUT2D eigenvalue weighted by atomic mass is 32.2. The average molecular weight is 410 g/mol. The van der Waals surface area contributed by atoms with E-state index in [-0.39, 0.29) is 24.4 Å². The Kier molecular flexibility index (Phi) is 6.67. The van der Waals surface area contributed by atoms with Crippen LogP contribution < -0.4 is 5.32 Å². The van der Waals surface area contributed by atoms with E-state index in [9.17, 15) is 9.59 Å². The van der Waals surface area contributed by atoms with Crippen LogP contribution in [0, 0.1) is 20.8 Å². The molecule has 7 nitrogen and oxygen atoms in total. The molecular formula is C18H23N3O4S2. The summed E-state index contributed by atoms with van der Waals surface area (Å²) in [5.74, 6) is 0.0154. The Balaban J connectivity index is 1.49. The van der Waals surface area contributed by atoms with Gasteiger partial charge in [-0.25, -0.2) is 9.97 Å². The van der Waals surface area contributed by atoms with Crippen molar-refractivity contribution < 1.29 is 19.1 Å². The van der Waals surface area contributed by atoms with Crippen LogP contribution in [0.1, 0.15) is 29.1 Å². The van der Waals surface area contributed by atoms with E-state index in [2.05, 4.69) is 22.2 Å². The van der Waals surface area contributed by atoms with Gasteiger partial charge < -0.3 is 14.8 Å². The lowest BCUT2D eigenvalue weighted by atomic mass is 10.2. The van der Waals surface area contributed by atoms with Gasteiger partial charge in [0.25, 0.3) is 5.91 Å². The van der Waals surface area contributed by atoms with Crippen molar-refractivity contribution in [2.45, 2.75) is 44.7 Å². The number of hydrogen-bond donors (Lipinski definition) is 1. The maximum absolute atomic E-state index is 12.0. The zero-order chi connectivity index (χ0) is 19.4.